The average Bonchev–Trinajstić information content (AvgIpc) is 3.35. The summed E-state index contributed by atoms with van der Waals surface area (Å²) in [6.07, 6.45) is 0. The van der Waals surface area contributed by atoms with Crippen LogP contribution in [0.4, 0.5) is 10.1 Å². The van der Waals surface area contributed by atoms with Crippen LogP contribution >= 0.6 is 11.6 Å². The number of nitrogens with two attached hydrogens (primary N) is 1. The Balaban J connectivity index is 1.57. The van der Waals surface area contributed by atoms with Crippen molar-refractivity contribution < 1.29 is 9.02 Å². The van der Waals surface area contributed by atoms with Gasteiger partial charge >= 0.3 is 0 Å². The fourth-order valence-corrected chi connectivity index (χ4v) is 2.57. The Hall–Kier alpha value is -3.66. The zero-order valence-electron chi connectivity index (χ0n) is 14.2. The molecular formula is C17H12ClFN8O. The molecule has 0 radical (unpaired) electrons. The molecule has 0 saturated carbocycles. The van der Waals surface area contributed by atoms with Gasteiger partial charge in [-0.25, -0.2) is 14.0 Å². The maximum absolute atomic E-state index is 13.3. The number of hydrogen-bond acceptors (Lipinski definition) is 7. The molecule has 0 unspecified atom stereocenters. The molecule has 0 saturated heterocycles. The molecule has 4 rings (SSSR count). The van der Waals surface area contributed by atoms with Crippen LogP contribution in [0.3, 0.4) is 0 Å². The quantitative estimate of drug-likeness (QED) is 0.405. The fraction of sp³-hybridized carbons (Fsp3) is 0.0588. The van der Waals surface area contributed by atoms with E-state index in [0.29, 0.717) is 17.2 Å². The van der Waals surface area contributed by atoms with Gasteiger partial charge in [-0.2, -0.15) is 4.80 Å². The number of hydrogen-bond donors (Lipinski definition) is 1. The first kappa shape index (κ1) is 17.7. The van der Waals surface area contributed by atoms with Crippen LogP contribution in [0.25, 0.3) is 11.4 Å². The van der Waals surface area contributed by atoms with Crippen LogP contribution < -0.4 is 5.73 Å². The highest BCUT2D eigenvalue weighted by Gasteiger charge is 2.17. The summed E-state index contributed by atoms with van der Waals surface area (Å²) in [5.41, 5.74) is 7.78. The first-order valence-corrected chi connectivity index (χ1v) is 8.42. The van der Waals surface area contributed by atoms with Gasteiger partial charge < -0.3 is 5.73 Å². The molecule has 140 valence electrons. The second-order valence-electron chi connectivity index (χ2n) is 5.66. The number of tetrazole rings is 1. The standard InChI is InChI=1S/C17H12ClFN8O/c18-12-8-11(6-7-13(12)19)21-16(20)15-14(24-28-25-15)9-27-23-17(22-26-27)10-4-2-1-3-5-10/h1-8H,9H2,(H2,20,21). The highest BCUT2D eigenvalue weighted by molar-refractivity contribution is 6.31. The number of halogens is 2. The van der Waals surface area contributed by atoms with E-state index in [2.05, 4.69) is 30.7 Å². The van der Waals surface area contributed by atoms with Gasteiger partial charge in [-0.15, -0.1) is 10.2 Å². The zero-order chi connectivity index (χ0) is 19.5. The molecule has 0 aliphatic heterocycles. The van der Waals surface area contributed by atoms with Crippen LogP contribution in [0, 0.1) is 5.82 Å². The summed E-state index contributed by atoms with van der Waals surface area (Å²) in [7, 11) is 0. The van der Waals surface area contributed by atoms with E-state index in [0.717, 1.165) is 5.56 Å². The van der Waals surface area contributed by atoms with Gasteiger partial charge in [0.05, 0.1) is 10.7 Å². The van der Waals surface area contributed by atoms with Crippen molar-refractivity contribution in [2.75, 3.05) is 0 Å². The second-order valence-corrected chi connectivity index (χ2v) is 6.07. The predicted octanol–water partition coefficient (Wildman–Crippen LogP) is 2.60. The number of benzene rings is 2. The van der Waals surface area contributed by atoms with Gasteiger partial charge in [-0.1, -0.05) is 47.1 Å². The fourth-order valence-electron chi connectivity index (χ4n) is 2.40. The summed E-state index contributed by atoms with van der Waals surface area (Å²) in [6, 6.07) is 13.4. The third-order valence-corrected chi connectivity index (χ3v) is 4.02. The van der Waals surface area contributed by atoms with Gasteiger partial charge in [0.25, 0.3) is 0 Å². The third-order valence-electron chi connectivity index (χ3n) is 3.73. The van der Waals surface area contributed by atoms with Crippen molar-refractivity contribution in [2.45, 2.75) is 6.54 Å². The smallest absolute Gasteiger partial charge is 0.204 e. The number of nitrogens with zero attached hydrogens (tertiary/aromatic N) is 7. The highest BCUT2D eigenvalue weighted by atomic mass is 35.5. The van der Waals surface area contributed by atoms with E-state index in [-0.39, 0.29) is 23.1 Å². The van der Waals surface area contributed by atoms with Crippen molar-refractivity contribution in [3.63, 3.8) is 0 Å². The van der Waals surface area contributed by atoms with Gasteiger partial charge in [-0.05, 0) is 28.6 Å². The first-order valence-electron chi connectivity index (χ1n) is 8.04. The van der Waals surface area contributed by atoms with Gasteiger partial charge in [0.1, 0.15) is 18.1 Å². The van der Waals surface area contributed by atoms with E-state index >= 15 is 0 Å². The lowest BCUT2D eigenvalue weighted by Gasteiger charge is -2.00. The number of rotatable bonds is 5. The van der Waals surface area contributed by atoms with Crippen molar-refractivity contribution in [2.24, 2.45) is 10.7 Å². The lowest BCUT2D eigenvalue weighted by atomic mass is 10.2. The monoisotopic (exact) mass is 398 g/mol. The normalized spacial score (nSPS) is 11.7. The van der Waals surface area contributed by atoms with E-state index in [1.807, 2.05) is 30.3 Å². The Kier molecular flexibility index (Phi) is 4.77. The van der Waals surface area contributed by atoms with Crippen molar-refractivity contribution in [3.8, 4) is 11.4 Å². The van der Waals surface area contributed by atoms with E-state index in [9.17, 15) is 4.39 Å². The van der Waals surface area contributed by atoms with Crippen molar-refractivity contribution >= 4 is 23.1 Å². The molecule has 0 bridgehead atoms. The number of aromatic nitrogens is 6. The van der Waals surface area contributed by atoms with Crippen molar-refractivity contribution in [3.05, 3.63) is 70.8 Å². The molecular weight excluding hydrogens is 387 g/mol. The van der Waals surface area contributed by atoms with E-state index in [4.69, 9.17) is 22.0 Å². The average molecular weight is 399 g/mol. The molecule has 2 aromatic heterocycles. The molecule has 2 aromatic carbocycles. The molecule has 2 heterocycles. The summed E-state index contributed by atoms with van der Waals surface area (Å²) in [6.45, 7) is 0.124. The van der Waals surface area contributed by atoms with Crippen LogP contribution in [0.5, 0.6) is 0 Å². The topological polar surface area (TPSA) is 121 Å². The maximum Gasteiger partial charge on any atom is 0.204 e. The molecule has 4 aromatic rings. The van der Waals surface area contributed by atoms with Crippen molar-refractivity contribution in [1.29, 1.82) is 0 Å². The van der Waals surface area contributed by atoms with Gasteiger partial charge in [0.15, 0.2) is 11.5 Å². The maximum atomic E-state index is 13.3. The molecule has 2 N–H and O–H groups in total. The Bertz CT molecular complexity index is 1140. The highest BCUT2D eigenvalue weighted by Crippen LogP contribution is 2.22. The molecule has 0 aliphatic rings. The van der Waals surface area contributed by atoms with Gasteiger partial charge in [0, 0.05) is 5.56 Å². The number of amidine groups is 1. The Morgan fingerprint density at radius 1 is 1.18 bits per heavy atom. The Labute approximate surface area is 162 Å². The minimum Gasteiger partial charge on any atom is -0.382 e. The Morgan fingerprint density at radius 3 is 2.79 bits per heavy atom. The third kappa shape index (κ3) is 3.71. The summed E-state index contributed by atoms with van der Waals surface area (Å²) in [5, 5.41) is 19.9. The largest absolute Gasteiger partial charge is 0.382 e. The second kappa shape index (κ2) is 7.53. The molecule has 0 amide bonds. The lowest BCUT2D eigenvalue weighted by Crippen LogP contribution is -2.17. The predicted molar refractivity (Wildman–Crippen MR) is 98.4 cm³/mol. The summed E-state index contributed by atoms with van der Waals surface area (Å²) < 4.78 is 18.0. The zero-order valence-corrected chi connectivity index (χ0v) is 15.0. The van der Waals surface area contributed by atoms with Crippen molar-refractivity contribution in [1.82, 2.24) is 30.5 Å². The van der Waals surface area contributed by atoms with Gasteiger partial charge in [0.2, 0.25) is 5.82 Å². The van der Waals surface area contributed by atoms with Crippen LogP contribution in [-0.2, 0) is 6.54 Å². The summed E-state index contributed by atoms with van der Waals surface area (Å²) in [5.74, 6) is -0.0435. The molecule has 11 heteroatoms. The number of aliphatic imine (C=N–C) groups is 1. The van der Waals surface area contributed by atoms with E-state index < -0.39 is 5.82 Å². The van der Waals surface area contributed by atoms with Crippen LogP contribution in [0.15, 0.2) is 58.2 Å². The van der Waals surface area contributed by atoms with Crippen LogP contribution in [-0.4, -0.2) is 36.4 Å². The van der Waals surface area contributed by atoms with E-state index in [1.54, 1.807) is 0 Å². The van der Waals surface area contributed by atoms with Gasteiger partial charge in [-0.3, -0.25) is 0 Å². The Morgan fingerprint density at radius 2 is 2.00 bits per heavy atom. The molecule has 28 heavy (non-hydrogen) atoms. The molecule has 0 fully saturated rings. The molecule has 0 atom stereocenters. The molecule has 9 nitrogen and oxygen atoms in total. The summed E-state index contributed by atoms with van der Waals surface area (Å²) in [4.78, 5) is 5.51. The minimum atomic E-state index is -0.547. The first-order chi connectivity index (χ1) is 13.6. The SMILES string of the molecule is NC(=Nc1ccc(F)c(Cl)c1)c1nonc1Cn1nnc(-c2ccccc2)n1. The van der Waals surface area contributed by atoms with Crippen LogP contribution in [0.2, 0.25) is 5.02 Å². The molecule has 0 spiro atoms. The minimum absolute atomic E-state index is 0.0299. The lowest BCUT2D eigenvalue weighted by molar-refractivity contribution is 0.301. The van der Waals surface area contributed by atoms with E-state index in [1.165, 1.54) is 23.0 Å². The summed E-state index contributed by atoms with van der Waals surface area (Å²) >= 11 is 5.76. The van der Waals surface area contributed by atoms with Crippen LogP contribution in [0.1, 0.15) is 11.4 Å². The molecule has 0 aliphatic carbocycles.